The fourth-order valence-electron chi connectivity index (χ4n) is 9.83. The van der Waals surface area contributed by atoms with Gasteiger partial charge in [0.2, 0.25) is 5.91 Å². The quantitative estimate of drug-likeness (QED) is 0.0295. The highest BCUT2D eigenvalue weighted by molar-refractivity contribution is 5.75. The van der Waals surface area contributed by atoms with E-state index in [0.717, 1.165) is 25.7 Å². The van der Waals surface area contributed by atoms with Gasteiger partial charge in [-0.1, -0.05) is 179 Å². The largest absolute Gasteiger partial charge is 0.394 e. The molecule has 17 atom stereocenters. The van der Waals surface area contributed by atoms with Crippen molar-refractivity contribution < 1.29 is 89.4 Å². The third-order valence-electron chi connectivity index (χ3n) is 14.7. The van der Waals surface area contributed by atoms with E-state index in [1.807, 2.05) is 0 Å². The third-order valence-corrected chi connectivity index (χ3v) is 14.7. The molecule has 3 rings (SSSR count). The second kappa shape index (κ2) is 41.1. The number of carbonyl (C=O) groups is 1. The number of hydrogen-bond acceptors (Lipinski definition) is 18. The predicted molar refractivity (Wildman–Crippen MR) is 286 cm³/mol. The lowest BCUT2D eigenvalue weighted by molar-refractivity contribution is -0.379. The first-order chi connectivity index (χ1) is 36.8. The average molecular weight is 1090 g/mol. The van der Waals surface area contributed by atoms with Crippen molar-refractivity contribution in [2.45, 2.75) is 291 Å². The van der Waals surface area contributed by atoms with Gasteiger partial charge in [0.15, 0.2) is 18.9 Å². The molecule has 0 aliphatic carbocycles. The number of allylic oxidation sites excluding steroid dienone is 5. The number of nitrogens with one attached hydrogen (secondary N) is 1. The minimum atomic E-state index is -1.98. The van der Waals surface area contributed by atoms with Gasteiger partial charge in [0.25, 0.3) is 0 Å². The number of amides is 1. The van der Waals surface area contributed by atoms with E-state index in [-0.39, 0.29) is 18.9 Å². The van der Waals surface area contributed by atoms with E-state index in [9.17, 15) is 61.0 Å². The van der Waals surface area contributed by atoms with Crippen molar-refractivity contribution in [3.05, 3.63) is 36.5 Å². The number of aliphatic hydroxyl groups is 11. The van der Waals surface area contributed by atoms with Gasteiger partial charge in [0, 0.05) is 6.42 Å². The Bertz CT molecular complexity index is 1540. The summed E-state index contributed by atoms with van der Waals surface area (Å²) in [5.41, 5.74) is 0. The second-order valence-electron chi connectivity index (χ2n) is 21.0. The van der Waals surface area contributed by atoms with E-state index >= 15 is 0 Å². The molecule has 0 aromatic rings. The molecular weight excluding hydrogens is 987 g/mol. The molecule has 0 radical (unpaired) electrons. The lowest BCUT2D eigenvalue weighted by Crippen LogP contribution is -2.66. The molecule has 1 amide bonds. The van der Waals surface area contributed by atoms with Crippen molar-refractivity contribution in [2.75, 3.05) is 26.4 Å². The first-order valence-corrected chi connectivity index (χ1v) is 29.2. The van der Waals surface area contributed by atoms with E-state index in [1.165, 1.54) is 135 Å². The van der Waals surface area contributed by atoms with E-state index in [2.05, 4.69) is 36.5 Å². The first kappa shape index (κ1) is 68.3. The minimum Gasteiger partial charge on any atom is -0.394 e. The van der Waals surface area contributed by atoms with Crippen LogP contribution in [0.2, 0.25) is 0 Å². The smallest absolute Gasteiger partial charge is 0.220 e. The number of ether oxygens (including phenoxy) is 6. The Morgan fingerprint density at radius 3 is 1.26 bits per heavy atom. The molecule has 444 valence electrons. The van der Waals surface area contributed by atoms with Gasteiger partial charge in [-0.05, 0) is 38.5 Å². The van der Waals surface area contributed by atoms with Crippen LogP contribution in [0.5, 0.6) is 0 Å². The zero-order valence-corrected chi connectivity index (χ0v) is 46.0. The number of rotatable bonds is 42. The molecule has 0 bridgehead atoms. The average Bonchev–Trinajstić information content (AvgIpc) is 3.42. The van der Waals surface area contributed by atoms with Crippen molar-refractivity contribution in [1.82, 2.24) is 5.32 Å². The van der Waals surface area contributed by atoms with E-state index in [0.29, 0.717) is 6.42 Å². The molecule has 19 heteroatoms. The van der Waals surface area contributed by atoms with Gasteiger partial charge in [-0.2, -0.15) is 0 Å². The van der Waals surface area contributed by atoms with Crippen LogP contribution >= 0.6 is 0 Å². The highest BCUT2D eigenvalue weighted by atomic mass is 16.8. The molecule has 3 fully saturated rings. The molecule has 12 N–H and O–H groups in total. The monoisotopic (exact) mass is 1090 g/mol. The second-order valence-corrected chi connectivity index (χ2v) is 21.0. The summed E-state index contributed by atoms with van der Waals surface area (Å²) in [5.74, 6) is -0.379. The van der Waals surface area contributed by atoms with E-state index in [1.54, 1.807) is 19.1 Å². The Morgan fingerprint density at radius 1 is 0.461 bits per heavy atom. The summed E-state index contributed by atoms with van der Waals surface area (Å²) in [5, 5.41) is 118. The molecule has 0 saturated carbocycles. The van der Waals surface area contributed by atoms with E-state index < -0.39 is 124 Å². The molecule has 0 spiro atoms. The Morgan fingerprint density at radius 2 is 0.829 bits per heavy atom. The van der Waals surface area contributed by atoms with Gasteiger partial charge in [0.1, 0.15) is 73.2 Å². The van der Waals surface area contributed by atoms with Crippen LogP contribution < -0.4 is 5.32 Å². The van der Waals surface area contributed by atoms with Crippen molar-refractivity contribution in [1.29, 1.82) is 0 Å². The van der Waals surface area contributed by atoms with Gasteiger partial charge in [-0.25, -0.2) is 0 Å². The fraction of sp³-hybridized carbons (Fsp3) is 0.877. The molecule has 3 aliphatic heterocycles. The summed E-state index contributed by atoms with van der Waals surface area (Å²) < 4.78 is 33.8. The highest BCUT2D eigenvalue weighted by Crippen LogP contribution is 2.33. The Kier molecular flexibility index (Phi) is 36.9. The molecule has 3 saturated heterocycles. The van der Waals surface area contributed by atoms with Crippen LogP contribution in [0.4, 0.5) is 0 Å². The maximum absolute atomic E-state index is 12.4. The fourth-order valence-corrected chi connectivity index (χ4v) is 9.83. The standard InChI is InChI=1S/C57H103NO18/c1-3-5-6-7-8-9-10-11-12-13-14-15-16-17-18-19-20-21-22-23-24-25-26-27-28-29-30-31-32-33-34-35-41(62)40(58-45(63)4-2)39-71-55-51(69)48(66)53(43(37-60)73-55)76-57-52(70)49(67)54(44(38-61)74-57)75-56-50(68)47(65)46(64)42(36-59)72-56/h26-27,30-31,34-35,40-44,46-57,59-62,64-70H,3-25,28-29,32-33,36-39H2,1-2H3,(H,58,63)/b27-26+,31-30+,35-34+. The zero-order chi connectivity index (χ0) is 55.5. The predicted octanol–water partition coefficient (Wildman–Crippen LogP) is 4.54. The van der Waals surface area contributed by atoms with Gasteiger partial charge in [0.05, 0.1) is 38.6 Å². The van der Waals surface area contributed by atoms with Crippen LogP contribution in [-0.2, 0) is 33.2 Å². The maximum Gasteiger partial charge on any atom is 0.220 e. The Hall–Kier alpha value is -1.99. The number of hydrogen-bond donors (Lipinski definition) is 12. The van der Waals surface area contributed by atoms with Crippen molar-refractivity contribution in [3.63, 3.8) is 0 Å². The zero-order valence-electron chi connectivity index (χ0n) is 46.0. The van der Waals surface area contributed by atoms with Gasteiger partial charge < -0.3 is 89.9 Å². The summed E-state index contributed by atoms with van der Waals surface area (Å²) >= 11 is 0. The normalized spacial score (nSPS) is 31.2. The summed E-state index contributed by atoms with van der Waals surface area (Å²) in [6.07, 6.45) is 19.0. The van der Waals surface area contributed by atoms with Gasteiger partial charge in [-0.15, -0.1) is 0 Å². The molecule has 76 heavy (non-hydrogen) atoms. The van der Waals surface area contributed by atoms with E-state index in [4.69, 9.17) is 28.4 Å². The number of unbranched alkanes of at least 4 members (excludes halogenated alkanes) is 23. The molecule has 17 unspecified atom stereocenters. The summed E-state index contributed by atoms with van der Waals surface area (Å²) in [6.45, 7) is 1.11. The van der Waals surface area contributed by atoms with Crippen molar-refractivity contribution >= 4 is 5.91 Å². The SMILES string of the molecule is CCCCCCCCCCCCCCCCCCCCCCC/C=C/CC/C=C/CC/C=C/C(O)C(COC1OC(CO)C(OC2OC(CO)C(OC3OC(CO)C(O)C(O)C3O)C(O)C2O)C(O)C1O)NC(=O)CC. The summed E-state index contributed by atoms with van der Waals surface area (Å²) in [6, 6.07) is -0.991. The summed E-state index contributed by atoms with van der Waals surface area (Å²) in [7, 11) is 0. The molecule has 3 aliphatic rings. The molecule has 19 nitrogen and oxygen atoms in total. The van der Waals surface area contributed by atoms with Crippen molar-refractivity contribution in [2.24, 2.45) is 0 Å². The van der Waals surface area contributed by atoms with Crippen LogP contribution in [0, 0.1) is 0 Å². The molecule has 3 heterocycles. The number of carbonyl (C=O) groups excluding carboxylic acids is 1. The lowest BCUT2D eigenvalue weighted by Gasteiger charge is -2.48. The number of aliphatic hydroxyl groups excluding tert-OH is 11. The summed E-state index contributed by atoms with van der Waals surface area (Å²) in [4.78, 5) is 12.4. The van der Waals surface area contributed by atoms with Crippen LogP contribution in [0.15, 0.2) is 36.5 Å². The Balaban J connectivity index is 1.29. The van der Waals surface area contributed by atoms with Crippen LogP contribution in [-0.4, -0.2) is 193 Å². The van der Waals surface area contributed by atoms with Gasteiger partial charge >= 0.3 is 0 Å². The van der Waals surface area contributed by atoms with Crippen LogP contribution in [0.25, 0.3) is 0 Å². The lowest BCUT2D eigenvalue weighted by atomic mass is 9.96. The highest BCUT2D eigenvalue weighted by Gasteiger charge is 2.53. The molecule has 0 aromatic carbocycles. The minimum absolute atomic E-state index is 0.112. The topological polar surface area (TPSA) is 307 Å². The molecule has 0 aromatic heterocycles. The Labute approximate surface area is 453 Å². The van der Waals surface area contributed by atoms with Gasteiger partial charge in [-0.3, -0.25) is 4.79 Å². The van der Waals surface area contributed by atoms with Crippen LogP contribution in [0.1, 0.15) is 187 Å². The van der Waals surface area contributed by atoms with Crippen LogP contribution in [0.3, 0.4) is 0 Å². The maximum atomic E-state index is 12.4. The first-order valence-electron chi connectivity index (χ1n) is 29.2. The third kappa shape index (κ3) is 25.2. The molecular formula is C57H103NO18. The van der Waals surface area contributed by atoms with Crippen molar-refractivity contribution in [3.8, 4) is 0 Å².